The SMILES string of the molecule is OC(CSC1CCCC1)c1c(Cl)cccc1Br. The van der Waals surface area contributed by atoms with Gasteiger partial charge in [0.25, 0.3) is 0 Å². The van der Waals surface area contributed by atoms with E-state index in [2.05, 4.69) is 15.9 Å². The number of halogens is 2. The van der Waals surface area contributed by atoms with Crippen molar-refractivity contribution in [2.24, 2.45) is 0 Å². The van der Waals surface area contributed by atoms with Crippen molar-refractivity contribution in [1.82, 2.24) is 0 Å². The minimum absolute atomic E-state index is 0.483. The summed E-state index contributed by atoms with van der Waals surface area (Å²) in [6.45, 7) is 0. The second kappa shape index (κ2) is 6.46. The second-order valence-electron chi connectivity index (χ2n) is 4.39. The zero-order chi connectivity index (χ0) is 12.3. The lowest BCUT2D eigenvalue weighted by atomic mass is 10.1. The minimum Gasteiger partial charge on any atom is -0.387 e. The second-order valence-corrected chi connectivity index (χ2v) is 6.99. The lowest BCUT2D eigenvalue weighted by Gasteiger charge is -2.16. The van der Waals surface area contributed by atoms with Crippen molar-refractivity contribution >= 4 is 39.3 Å². The summed E-state index contributed by atoms with van der Waals surface area (Å²) in [7, 11) is 0. The van der Waals surface area contributed by atoms with Crippen LogP contribution < -0.4 is 0 Å². The lowest BCUT2D eigenvalue weighted by Crippen LogP contribution is -2.06. The van der Waals surface area contributed by atoms with E-state index >= 15 is 0 Å². The highest BCUT2D eigenvalue weighted by molar-refractivity contribution is 9.10. The van der Waals surface area contributed by atoms with Crippen LogP contribution in [0.4, 0.5) is 0 Å². The van der Waals surface area contributed by atoms with Gasteiger partial charge < -0.3 is 5.11 Å². The van der Waals surface area contributed by atoms with E-state index in [4.69, 9.17) is 11.6 Å². The molecule has 0 saturated heterocycles. The summed E-state index contributed by atoms with van der Waals surface area (Å²) in [5, 5.41) is 11.6. The molecule has 94 valence electrons. The van der Waals surface area contributed by atoms with Crippen LogP contribution in [0.2, 0.25) is 5.02 Å². The van der Waals surface area contributed by atoms with Crippen molar-refractivity contribution in [3.05, 3.63) is 33.3 Å². The van der Waals surface area contributed by atoms with E-state index < -0.39 is 6.10 Å². The standard InChI is InChI=1S/C13H16BrClOS/c14-10-6-3-7-11(15)13(10)12(16)8-17-9-4-1-2-5-9/h3,6-7,9,12,16H,1-2,4-5,8H2. The Labute approximate surface area is 120 Å². The zero-order valence-electron chi connectivity index (χ0n) is 9.53. The van der Waals surface area contributed by atoms with Gasteiger partial charge in [0, 0.05) is 26.1 Å². The van der Waals surface area contributed by atoms with E-state index in [-0.39, 0.29) is 0 Å². The molecule has 1 aliphatic carbocycles. The van der Waals surface area contributed by atoms with Crippen LogP contribution in [0.1, 0.15) is 37.4 Å². The molecule has 1 aromatic carbocycles. The maximum Gasteiger partial charge on any atom is 0.0905 e. The Balaban J connectivity index is 1.96. The fourth-order valence-corrected chi connectivity index (χ4v) is 4.53. The van der Waals surface area contributed by atoms with Crippen molar-refractivity contribution in [3.8, 4) is 0 Å². The van der Waals surface area contributed by atoms with Crippen molar-refractivity contribution in [2.75, 3.05) is 5.75 Å². The van der Waals surface area contributed by atoms with Crippen molar-refractivity contribution in [3.63, 3.8) is 0 Å². The number of hydrogen-bond donors (Lipinski definition) is 1. The van der Waals surface area contributed by atoms with Gasteiger partial charge in [-0.3, -0.25) is 0 Å². The van der Waals surface area contributed by atoms with Gasteiger partial charge in [-0.25, -0.2) is 0 Å². The first-order valence-corrected chi connectivity index (χ1v) is 8.14. The summed E-state index contributed by atoms with van der Waals surface area (Å²) in [4.78, 5) is 0. The smallest absolute Gasteiger partial charge is 0.0905 e. The average Bonchev–Trinajstić information content (AvgIpc) is 2.79. The fraction of sp³-hybridized carbons (Fsp3) is 0.538. The van der Waals surface area contributed by atoms with Gasteiger partial charge in [0.15, 0.2) is 0 Å². The van der Waals surface area contributed by atoms with Gasteiger partial charge in [-0.15, -0.1) is 0 Å². The molecule has 1 unspecified atom stereocenters. The number of thioether (sulfide) groups is 1. The number of aliphatic hydroxyl groups excluding tert-OH is 1. The largest absolute Gasteiger partial charge is 0.387 e. The fourth-order valence-electron chi connectivity index (χ4n) is 2.19. The molecule has 1 nitrogen and oxygen atoms in total. The normalized spacial score (nSPS) is 18.5. The van der Waals surface area contributed by atoms with Crippen molar-refractivity contribution in [1.29, 1.82) is 0 Å². The minimum atomic E-state index is -0.483. The van der Waals surface area contributed by atoms with Gasteiger partial charge in [0.1, 0.15) is 0 Å². The molecule has 0 radical (unpaired) electrons. The van der Waals surface area contributed by atoms with E-state index in [0.717, 1.165) is 21.0 Å². The molecule has 0 aromatic heterocycles. The molecule has 1 saturated carbocycles. The number of benzene rings is 1. The van der Waals surface area contributed by atoms with E-state index in [1.165, 1.54) is 25.7 Å². The Morgan fingerprint density at radius 1 is 1.41 bits per heavy atom. The summed E-state index contributed by atoms with van der Waals surface area (Å²) in [5.41, 5.74) is 0.819. The summed E-state index contributed by atoms with van der Waals surface area (Å²) in [5.74, 6) is 0.729. The molecular weight excluding hydrogens is 320 g/mol. The third-order valence-electron chi connectivity index (χ3n) is 3.12. The highest BCUT2D eigenvalue weighted by atomic mass is 79.9. The van der Waals surface area contributed by atoms with Crippen LogP contribution in [0.3, 0.4) is 0 Å². The van der Waals surface area contributed by atoms with Crippen LogP contribution >= 0.6 is 39.3 Å². The number of aliphatic hydroxyl groups is 1. The molecule has 0 heterocycles. The molecule has 2 rings (SSSR count). The van der Waals surface area contributed by atoms with E-state index in [1.807, 2.05) is 30.0 Å². The maximum absolute atomic E-state index is 10.2. The molecule has 0 bridgehead atoms. The molecule has 1 fully saturated rings. The molecular formula is C13H16BrClOS. The Kier molecular flexibility index (Phi) is 5.22. The summed E-state index contributed by atoms with van der Waals surface area (Å²) in [6.07, 6.45) is 4.78. The van der Waals surface area contributed by atoms with Crippen LogP contribution in [0, 0.1) is 0 Å². The molecule has 1 aromatic rings. The monoisotopic (exact) mass is 334 g/mol. The molecule has 17 heavy (non-hydrogen) atoms. The quantitative estimate of drug-likeness (QED) is 0.852. The van der Waals surface area contributed by atoms with E-state index in [0.29, 0.717) is 5.02 Å². The Bertz CT molecular complexity index is 359. The molecule has 1 atom stereocenters. The zero-order valence-corrected chi connectivity index (χ0v) is 12.7. The summed E-state index contributed by atoms with van der Waals surface area (Å²) < 4.78 is 0.893. The van der Waals surface area contributed by atoms with Crippen LogP contribution in [0.15, 0.2) is 22.7 Å². The van der Waals surface area contributed by atoms with Gasteiger partial charge in [0.05, 0.1) is 6.10 Å². The molecule has 0 spiro atoms. The highest BCUT2D eigenvalue weighted by Crippen LogP contribution is 2.36. The maximum atomic E-state index is 10.2. The van der Waals surface area contributed by atoms with Crippen molar-refractivity contribution < 1.29 is 5.11 Å². The number of rotatable bonds is 4. The van der Waals surface area contributed by atoms with Crippen LogP contribution in [-0.4, -0.2) is 16.1 Å². The highest BCUT2D eigenvalue weighted by Gasteiger charge is 2.20. The summed E-state index contributed by atoms with van der Waals surface area (Å²) in [6, 6.07) is 5.63. The van der Waals surface area contributed by atoms with Crippen LogP contribution in [0.5, 0.6) is 0 Å². The predicted molar refractivity (Wildman–Crippen MR) is 78.8 cm³/mol. The predicted octanol–water partition coefficient (Wildman–Crippen LogP) is 4.81. The molecule has 0 aliphatic heterocycles. The molecule has 1 N–H and O–H groups in total. The first-order chi connectivity index (χ1) is 8.18. The van der Waals surface area contributed by atoms with Crippen LogP contribution in [-0.2, 0) is 0 Å². The first-order valence-electron chi connectivity index (χ1n) is 5.92. The third-order valence-corrected chi connectivity index (χ3v) is 5.60. The summed E-state index contributed by atoms with van der Waals surface area (Å²) >= 11 is 11.4. The third kappa shape index (κ3) is 3.63. The molecule has 0 amide bonds. The Hall–Kier alpha value is 0.300. The van der Waals surface area contributed by atoms with Crippen molar-refractivity contribution in [2.45, 2.75) is 37.0 Å². The van der Waals surface area contributed by atoms with Gasteiger partial charge in [-0.05, 0) is 25.0 Å². The molecule has 4 heteroatoms. The van der Waals surface area contributed by atoms with E-state index in [9.17, 15) is 5.11 Å². The Morgan fingerprint density at radius 3 is 2.76 bits per heavy atom. The average molecular weight is 336 g/mol. The van der Waals surface area contributed by atoms with Gasteiger partial charge in [-0.2, -0.15) is 11.8 Å². The van der Waals surface area contributed by atoms with E-state index in [1.54, 1.807) is 0 Å². The lowest BCUT2D eigenvalue weighted by molar-refractivity contribution is 0.203. The topological polar surface area (TPSA) is 20.2 Å². The number of hydrogen-bond acceptors (Lipinski definition) is 2. The Morgan fingerprint density at radius 2 is 2.12 bits per heavy atom. The van der Waals surface area contributed by atoms with Gasteiger partial charge in [-0.1, -0.05) is 46.4 Å². The molecule has 1 aliphatic rings. The van der Waals surface area contributed by atoms with Gasteiger partial charge >= 0.3 is 0 Å². The van der Waals surface area contributed by atoms with Crippen LogP contribution in [0.25, 0.3) is 0 Å². The first kappa shape index (κ1) is 13.7. The van der Waals surface area contributed by atoms with Gasteiger partial charge in [0.2, 0.25) is 0 Å².